The van der Waals surface area contributed by atoms with Gasteiger partial charge in [-0.3, -0.25) is 0 Å². The molecule has 0 aromatic heterocycles. The van der Waals surface area contributed by atoms with E-state index in [9.17, 15) is 8.42 Å². The normalized spacial score (nSPS) is 22.9. The number of hydrogen-bond acceptors (Lipinski definition) is 4. The van der Waals surface area contributed by atoms with Gasteiger partial charge in [0.1, 0.15) is 0 Å². The molecule has 0 spiro atoms. The molecular formula is C15H23NO2S2. The maximum atomic E-state index is 11.9. The molecule has 1 fully saturated rings. The van der Waals surface area contributed by atoms with Gasteiger partial charge in [-0.1, -0.05) is 6.92 Å². The highest BCUT2D eigenvalue weighted by atomic mass is 32.2. The zero-order valence-corrected chi connectivity index (χ0v) is 13.8. The second-order valence-electron chi connectivity index (χ2n) is 5.60. The van der Waals surface area contributed by atoms with Crippen molar-refractivity contribution in [3.8, 4) is 0 Å². The molecule has 1 atom stereocenters. The zero-order valence-electron chi connectivity index (χ0n) is 12.2. The van der Waals surface area contributed by atoms with E-state index in [-0.39, 0.29) is 5.75 Å². The molecular weight excluding hydrogens is 290 g/mol. The Morgan fingerprint density at radius 2 is 2.00 bits per heavy atom. The van der Waals surface area contributed by atoms with Crippen molar-refractivity contribution >= 4 is 27.3 Å². The van der Waals surface area contributed by atoms with Crippen molar-refractivity contribution in [1.82, 2.24) is 0 Å². The summed E-state index contributed by atoms with van der Waals surface area (Å²) in [6.07, 6.45) is 3.18. The molecule has 3 nitrogen and oxygen atoms in total. The van der Waals surface area contributed by atoms with E-state index < -0.39 is 9.84 Å². The first-order valence-corrected chi connectivity index (χ1v) is 9.80. The molecule has 0 bridgehead atoms. The maximum Gasteiger partial charge on any atom is 0.178 e. The number of hydrogen-bond donors (Lipinski definition) is 1. The Morgan fingerprint density at radius 1 is 1.30 bits per heavy atom. The molecule has 1 N–H and O–H groups in total. The van der Waals surface area contributed by atoms with Crippen LogP contribution in [-0.2, 0) is 9.84 Å². The summed E-state index contributed by atoms with van der Waals surface area (Å²) in [5.41, 5.74) is 0.995. The van der Waals surface area contributed by atoms with Gasteiger partial charge in [-0.15, -0.1) is 0 Å². The van der Waals surface area contributed by atoms with Gasteiger partial charge in [0.25, 0.3) is 0 Å². The lowest BCUT2D eigenvalue weighted by Gasteiger charge is -2.23. The zero-order chi connectivity index (χ0) is 14.6. The standard InChI is InChI=1S/C15H23NO2S2/c1-3-11-20(17,18)14-7-5-13(6-8-14)16-12-15(2)9-4-10-19-15/h5-8,16H,3-4,9-12H2,1-2H3. The first-order chi connectivity index (χ1) is 9.45. The average molecular weight is 313 g/mol. The molecule has 0 aliphatic carbocycles. The molecule has 0 amide bonds. The van der Waals surface area contributed by atoms with E-state index in [1.165, 1.54) is 18.6 Å². The first kappa shape index (κ1) is 15.7. The second kappa shape index (κ2) is 6.39. The second-order valence-corrected chi connectivity index (χ2v) is 9.39. The first-order valence-electron chi connectivity index (χ1n) is 7.16. The summed E-state index contributed by atoms with van der Waals surface area (Å²) in [5, 5.41) is 3.42. The minimum atomic E-state index is -3.10. The Hall–Kier alpha value is -0.680. The Morgan fingerprint density at radius 3 is 2.55 bits per heavy atom. The Balaban J connectivity index is 1.98. The van der Waals surface area contributed by atoms with Crippen LogP contribution in [0, 0.1) is 0 Å². The van der Waals surface area contributed by atoms with E-state index in [0.29, 0.717) is 16.1 Å². The molecule has 1 aliphatic rings. The van der Waals surface area contributed by atoms with Crippen molar-refractivity contribution in [2.45, 2.75) is 42.8 Å². The van der Waals surface area contributed by atoms with Gasteiger partial charge in [-0.25, -0.2) is 8.42 Å². The van der Waals surface area contributed by atoms with Crippen LogP contribution in [0.1, 0.15) is 33.1 Å². The van der Waals surface area contributed by atoms with Crippen molar-refractivity contribution in [2.24, 2.45) is 0 Å². The summed E-state index contributed by atoms with van der Waals surface area (Å²) >= 11 is 2.02. The number of sulfone groups is 1. The van der Waals surface area contributed by atoms with Crippen LogP contribution >= 0.6 is 11.8 Å². The Bertz CT molecular complexity index is 531. The highest BCUT2D eigenvalue weighted by molar-refractivity contribution is 8.00. The number of benzene rings is 1. The summed E-state index contributed by atoms with van der Waals surface area (Å²) < 4.78 is 24.2. The Labute approximate surface area is 126 Å². The fraction of sp³-hybridized carbons (Fsp3) is 0.600. The van der Waals surface area contributed by atoms with Gasteiger partial charge in [0.2, 0.25) is 0 Å². The molecule has 1 saturated heterocycles. The van der Waals surface area contributed by atoms with Crippen LogP contribution in [0.5, 0.6) is 0 Å². The molecule has 0 radical (unpaired) electrons. The molecule has 112 valence electrons. The molecule has 5 heteroatoms. The van der Waals surface area contributed by atoms with Crippen molar-refractivity contribution < 1.29 is 8.42 Å². The quantitative estimate of drug-likeness (QED) is 0.872. The van der Waals surface area contributed by atoms with Gasteiger partial charge < -0.3 is 5.32 Å². The predicted molar refractivity (Wildman–Crippen MR) is 87.4 cm³/mol. The van der Waals surface area contributed by atoms with Gasteiger partial charge in [-0.05, 0) is 56.2 Å². The molecule has 1 aliphatic heterocycles. The lowest BCUT2D eigenvalue weighted by atomic mass is 10.1. The van der Waals surface area contributed by atoms with Crippen molar-refractivity contribution in [1.29, 1.82) is 0 Å². The summed E-state index contributed by atoms with van der Waals surface area (Å²) in [5.74, 6) is 1.46. The average Bonchev–Trinajstić information content (AvgIpc) is 2.84. The topological polar surface area (TPSA) is 46.2 Å². The van der Waals surface area contributed by atoms with E-state index in [1.54, 1.807) is 12.1 Å². The largest absolute Gasteiger partial charge is 0.384 e. The van der Waals surface area contributed by atoms with Crippen molar-refractivity contribution in [2.75, 3.05) is 23.4 Å². The summed E-state index contributed by atoms with van der Waals surface area (Å²) in [6, 6.07) is 7.14. The SMILES string of the molecule is CCCS(=O)(=O)c1ccc(NCC2(C)CCCS2)cc1. The van der Waals surface area contributed by atoms with Crippen LogP contribution in [0.25, 0.3) is 0 Å². The van der Waals surface area contributed by atoms with Crippen LogP contribution in [0.3, 0.4) is 0 Å². The number of anilines is 1. The summed E-state index contributed by atoms with van der Waals surface area (Å²) in [6.45, 7) is 5.10. The van der Waals surface area contributed by atoms with E-state index in [0.717, 1.165) is 12.2 Å². The fourth-order valence-corrected chi connectivity index (χ4v) is 5.00. The van der Waals surface area contributed by atoms with E-state index in [2.05, 4.69) is 12.2 Å². The van der Waals surface area contributed by atoms with Gasteiger partial charge in [-0.2, -0.15) is 11.8 Å². The molecule has 20 heavy (non-hydrogen) atoms. The van der Waals surface area contributed by atoms with Crippen LogP contribution in [-0.4, -0.2) is 31.2 Å². The number of nitrogens with one attached hydrogen (secondary N) is 1. The summed E-state index contributed by atoms with van der Waals surface area (Å²) in [7, 11) is -3.10. The monoisotopic (exact) mass is 313 g/mol. The predicted octanol–water partition coefficient (Wildman–Crippen LogP) is 3.57. The number of thioether (sulfide) groups is 1. The molecule has 2 rings (SSSR count). The fourth-order valence-electron chi connectivity index (χ4n) is 2.43. The van der Waals surface area contributed by atoms with E-state index >= 15 is 0 Å². The van der Waals surface area contributed by atoms with Crippen LogP contribution < -0.4 is 5.32 Å². The maximum absolute atomic E-state index is 11.9. The molecule has 1 unspecified atom stereocenters. The van der Waals surface area contributed by atoms with Crippen molar-refractivity contribution in [3.05, 3.63) is 24.3 Å². The van der Waals surface area contributed by atoms with Gasteiger partial charge in [0.05, 0.1) is 10.6 Å². The molecule has 1 aromatic carbocycles. The van der Waals surface area contributed by atoms with Crippen LogP contribution in [0.4, 0.5) is 5.69 Å². The lowest BCUT2D eigenvalue weighted by Crippen LogP contribution is -2.27. The number of rotatable bonds is 6. The van der Waals surface area contributed by atoms with E-state index in [1.807, 2.05) is 30.8 Å². The lowest BCUT2D eigenvalue weighted by molar-refractivity contribution is 0.594. The highest BCUT2D eigenvalue weighted by Gasteiger charge is 2.28. The molecule has 0 saturated carbocycles. The Kier molecular flexibility index (Phi) is 5.02. The third kappa shape index (κ3) is 3.92. The third-order valence-corrected chi connectivity index (χ3v) is 7.13. The summed E-state index contributed by atoms with van der Waals surface area (Å²) in [4.78, 5) is 0.423. The van der Waals surface area contributed by atoms with Gasteiger partial charge in [0.15, 0.2) is 9.84 Å². The smallest absolute Gasteiger partial charge is 0.178 e. The molecule has 1 aromatic rings. The minimum absolute atomic E-state index is 0.217. The van der Waals surface area contributed by atoms with Gasteiger partial charge in [0, 0.05) is 17.0 Å². The molecule has 1 heterocycles. The van der Waals surface area contributed by atoms with Gasteiger partial charge >= 0.3 is 0 Å². The van der Waals surface area contributed by atoms with Crippen molar-refractivity contribution in [3.63, 3.8) is 0 Å². The minimum Gasteiger partial charge on any atom is -0.384 e. The third-order valence-electron chi connectivity index (χ3n) is 3.65. The van der Waals surface area contributed by atoms with Crippen LogP contribution in [0.2, 0.25) is 0 Å². The van der Waals surface area contributed by atoms with Crippen LogP contribution in [0.15, 0.2) is 29.2 Å². The van der Waals surface area contributed by atoms with E-state index in [4.69, 9.17) is 0 Å². The highest BCUT2D eigenvalue weighted by Crippen LogP contribution is 2.37.